The van der Waals surface area contributed by atoms with Gasteiger partial charge in [0, 0.05) is 20.1 Å². The van der Waals surface area contributed by atoms with E-state index in [1.807, 2.05) is 17.3 Å². The summed E-state index contributed by atoms with van der Waals surface area (Å²) in [6.07, 6.45) is 0.653. The van der Waals surface area contributed by atoms with Crippen molar-refractivity contribution in [3.8, 4) is 0 Å². The molecule has 0 radical (unpaired) electrons. The molecule has 0 aliphatic carbocycles. The molecule has 0 saturated carbocycles. The summed E-state index contributed by atoms with van der Waals surface area (Å²) in [7, 11) is 1.82. The molecule has 0 aliphatic heterocycles. The smallest absolute Gasteiger partial charge is 0.265 e. The normalized spacial score (nSPS) is 10.4. The average molecular weight is 412 g/mol. The number of hydrogen-bond donors (Lipinski definition) is 2. The van der Waals surface area contributed by atoms with Gasteiger partial charge < -0.3 is 15.5 Å². The van der Waals surface area contributed by atoms with Crippen molar-refractivity contribution in [2.24, 2.45) is 0 Å². The van der Waals surface area contributed by atoms with Crippen LogP contribution in [0.5, 0.6) is 0 Å². The second-order valence-electron chi connectivity index (χ2n) is 6.46. The first-order chi connectivity index (χ1) is 14.1. The van der Waals surface area contributed by atoms with Crippen LogP contribution in [0.4, 0.5) is 15.8 Å². The molecule has 7 heteroatoms. The quantitative estimate of drug-likeness (QED) is 0.540. The third kappa shape index (κ3) is 5.42. The number of nitrogens with one attached hydrogen (secondary N) is 2. The zero-order valence-corrected chi connectivity index (χ0v) is 16.8. The van der Waals surface area contributed by atoms with Crippen molar-refractivity contribution >= 4 is 34.5 Å². The molecule has 150 valence electrons. The summed E-state index contributed by atoms with van der Waals surface area (Å²) >= 11 is 1.34. The van der Waals surface area contributed by atoms with E-state index in [0.29, 0.717) is 41.3 Å². The van der Waals surface area contributed by atoms with Gasteiger partial charge in [-0.3, -0.25) is 9.59 Å². The third-order valence-electron chi connectivity index (χ3n) is 4.38. The average Bonchev–Trinajstić information content (AvgIpc) is 3.27. The molecule has 3 aromatic rings. The molecular formula is C22H22FN3O2S. The number of benzene rings is 2. The second kappa shape index (κ2) is 9.84. The van der Waals surface area contributed by atoms with Crippen molar-refractivity contribution in [3.63, 3.8) is 0 Å². The van der Waals surface area contributed by atoms with E-state index >= 15 is 0 Å². The summed E-state index contributed by atoms with van der Waals surface area (Å²) in [5.74, 6) is -0.776. The molecule has 0 bridgehead atoms. The van der Waals surface area contributed by atoms with Crippen molar-refractivity contribution in [3.05, 3.63) is 82.3 Å². The Hall–Kier alpha value is -3.19. The molecule has 0 fully saturated rings. The monoisotopic (exact) mass is 411 g/mol. The molecule has 1 heterocycles. The summed E-state index contributed by atoms with van der Waals surface area (Å²) < 4.78 is 13.8. The standard InChI is InChI=1S/C22H22FN3O2S/c1-26(19-11-5-3-9-17(19)23)14-7-13-24-21(27)16-8-2-4-10-18(16)25-22(28)20-12-6-15-29-20/h2-6,8-12,15H,7,13-14H2,1H3,(H,24,27)(H,25,28). The number of carbonyl (C=O) groups excluding carboxylic acids is 2. The molecule has 3 rings (SSSR count). The van der Waals surface area contributed by atoms with Crippen LogP contribution in [0.25, 0.3) is 0 Å². The van der Waals surface area contributed by atoms with E-state index < -0.39 is 0 Å². The maximum absolute atomic E-state index is 13.8. The highest BCUT2D eigenvalue weighted by atomic mass is 32.1. The van der Waals surface area contributed by atoms with E-state index in [0.717, 1.165) is 0 Å². The molecule has 29 heavy (non-hydrogen) atoms. The van der Waals surface area contributed by atoms with Gasteiger partial charge in [-0.15, -0.1) is 11.3 Å². The van der Waals surface area contributed by atoms with Crippen LogP contribution >= 0.6 is 11.3 Å². The summed E-state index contributed by atoms with van der Waals surface area (Å²) in [5.41, 5.74) is 1.40. The predicted octanol–water partition coefficient (Wildman–Crippen LogP) is 4.40. The molecule has 5 nitrogen and oxygen atoms in total. The Bertz CT molecular complexity index is 976. The predicted molar refractivity (Wildman–Crippen MR) is 115 cm³/mol. The van der Waals surface area contributed by atoms with Crippen LogP contribution in [0.2, 0.25) is 0 Å². The van der Waals surface area contributed by atoms with Crippen LogP contribution in [0.3, 0.4) is 0 Å². The van der Waals surface area contributed by atoms with Crippen LogP contribution in [0.15, 0.2) is 66.0 Å². The minimum absolute atomic E-state index is 0.244. The first kappa shape index (κ1) is 20.5. The van der Waals surface area contributed by atoms with E-state index in [4.69, 9.17) is 0 Å². The SMILES string of the molecule is CN(CCCNC(=O)c1ccccc1NC(=O)c1cccs1)c1ccccc1F. The van der Waals surface area contributed by atoms with Gasteiger partial charge in [0.25, 0.3) is 11.8 Å². The first-order valence-corrected chi connectivity index (χ1v) is 10.1. The van der Waals surface area contributed by atoms with Gasteiger partial charge in [0.15, 0.2) is 0 Å². The number of para-hydroxylation sites is 2. The molecular weight excluding hydrogens is 389 g/mol. The van der Waals surface area contributed by atoms with Gasteiger partial charge in [-0.05, 0) is 42.1 Å². The maximum Gasteiger partial charge on any atom is 0.265 e. The van der Waals surface area contributed by atoms with Gasteiger partial charge in [0.1, 0.15) is 5.82 Å². The second-order valence-corrected chi connectivity index (χ2v) is 7.41. The van der Waals surface area contributed by atoms with Crippen molar-refractivity contribution in [2.45, 2.75) is 6.42 Å². The fourth-order valence-electron chi connectivity index (χ4n) is 2.88. The lowest BCUT2D eigenvalue weighted by molar-refractivity contribution is 0.0954. The Kier molecular flexibility index (Phi) is 6.97. The zero-order valence-electron chi connectivity index (χ0n) is 16.0. The lowest BCUT2D eigenvalue weighted by atomic mass is 10.1. The minimum atomic E-state index is -0.269. The van der Waals surface area contributed by atoms with Gasteiger partial charge in [-0.25, -0.2) is 4.39 Å². The number of amides is 2. The molecule has 0 spiro atoms. The molecule has 0 unspecified atom stereocenters. The molecule has 2 aromatic carbocycles. The Morgan fingerprint density at radius 1 is 1.00 bits per heavy atom. The summed E-state index contributed by atoms with van der Waals surface area (Å²) in [5, 5.41) is 7.48. The first-order valence-electron chi connectivity index (χ1n) is 9.24. The number of halogens is 1. The number of rotatable bonds is 8. The fraction of sp³-hybridized carbons (Fsp3) is 0.182. The van der Waals surface area contributed by atoms with Crippen LogP contribution in [-0.4, -0.2) is 32.0 Å². The summed E-state index contributed by atoms with van der Waals surface area (Å²) in [4.78, 5) is 27.2. The van der Waals surface area contributed by atoms with Crippen LogP contribution in [0.1, 0.15) is 26.5 Å². The lowest BCUT2D eigenvalue weighted by Gasteiger charge is -2.20. The van der Waals surface area contributed by atoms with Gasteiger partial charge in [0.05, 0.1) is 21.8 Å². The van der Waals surface area contributed by atoms with E-state index in [9.17, 15) is 14.0 Å². The molecule has 0 saturated heterocycles. The number of carbonyl (C=O) groups is 2. The van der Waals surface area contributed by atoms with Crippen molar-refractivity contribution in [2.75, 3.05) is 30.4 Å². The number of thiophene rings is 1. The summed E-state index contributed by atoms with van der Waals surface area (Å²) in [6, 6.07) is 17.0. The van der Waals surface area contributed by atoms with Gasteiger partial charge >= 0.3 is 0 Å². The van der Waals surface area contributed by atoms with Gasteiger partial charge in [0.2, 0.25) is 0 Å². The van der Waals surface area contributed by atoms with Crippen molar-refractivity contribution in [1.29, 1.82) is 0 Å². The number of anilines is 2. The lowest BCUT2D eigenvalue weighted by Crippen LogP contribution is -2.29. The zero-order chi connectivity index (χ0) is 20.6. The van der Waals surface area contributed by atoms with E-state index in [-0.39, 0.29) is 17.6 Å². The van der Waals surface area contributed by atoms with E-state index in [1.54, 1.807) is 54.6 Å². The maximum atomic E-state index is 13.8. The van der Waals surface area contributed by atoms with E-state index in [1.165, 1.54) is 17.4 Å². The highest BCUT2D eigenvalue weighted by Gasteiger charge is 2.14. The highest BCUT2D eigenvalue weighted by molar-refractivity contribution is 7.12. The Morgan fingerprint density at radius 3 is 2.52 bits per heavy atom. The molecule has 1 aromatic heterocycles. The van der Waals surface area contributed by atoms with Crippen LogP contribution in [-0.2, 0) is 0 Å². The van der Waals surface area contributed by atoms with E-state index in [2.05, 4.69) is 10.6 Å². The number of hydrogen-bond acceptors (Lipinski definition) is 4. The molecule has 0 aliphatic rings. The Labute approximate surface area is 173 Å². The summed E-state index contributed by atoms with van der Waals surface area (Å²) in [6.45, 7) is 1.03. The largest absolute Gasteiger partial charge is 0.372 e. The van der Waals surface area contributed by atoms with Gasteiger partial charge in [-0.1, -0.05) is 30.3 Å². The van der Waals surface area contributed by atoms with Crippen molar-refractivity contribution in [1.82, 2.24) is 5.32 Å². The van der Waals surface area contributed by atoms with Crippen LogP contribution < -0.4 is 15.5 Å². The third-order valence-corrected chi connectivity index (χ3v) is 5.25. The van der Waals surface area contributed by atoms with Crippen molar-refractivity contribution < 1.29 is 14.0 Å². The molecule has 0 atom stereocenters. The Balaban J connectivity index is 1.53. The fourth-order valence-corrected chi connectivity index (χ4v) is 3.50. The van der Waals surface area contributed by atoms with Gasteiger partial charge in [-0.2, -0.15) is 0 Å². The Morgan fingerprint density at radius 2 is 1.76 bits per heavy atom. The topological polar surface area (TPSA) is 61.4 Å². The highest BCUT2D eigenvalue weighted by Crippen LogP contribution is 2.19. The van der Waals surface area contributed by atoms with Crippen LogP contribution in [0, 0.1) is 5.82 Å². The molecule has 2 N–H and O–H groups in total. The number of nitrogens with zero attached hydrogens (tertiary/aromatic N) is 1. The minimum Gasteiger partial charge on any atom is -0.372 e. The molecule has 2 amide bonds.